The van der Waals surface area contributed by atoms with Crippen molar-refractivity contribution in [2.24, 2.45) is 0 Å². The summed E-state index contributed by atoms with van der Waals surface area (Å²) in [5, 5.41) is 14.3. The largest absolute Gasteiger partial charge is 0.496 e. The molecule has 0 heterocycles. The highest BCUT2D eigenvalue weighted by atomic mass is 35.5. The molecule has 0 fully saturated rings. The number of hydrogen-bond acceptors (Lipinski definition) is 4. The van der Waals surface area contributed by atoms with Crippen LogP contribution in [0.4, 0.5) is 11.4 Å². The fourth-order valence-corrected chi connectivity index (χ4v) is 2.18. The van der Waals surface area contributed by atoms with Crippen molar-refractivity contribution in [1.82, 2.24) is 0 Å². The molecule has 1 N–H and O–H groups in total. The maximum absolute atomic E-state index is 10.8. The van der Waals surface area contributed by atoms with E-state index in [1.165, 1.54) is 18.2 Å². The molecule has 0 spiro atoms. The third-order valence-electron chi connectivity index (χ3n) is 3.07. The second-order valence-corrected chi connectivity index (χ2v) is 5.00. The number of methoxy groups -OCH3 is 1. The molecular weight excluding hydrogens is 292 g/mol. The van der Waals surface area contributed by atoms with Crippen molar-refractivity contribution in [3.05, 3.63) is 62.7 Å². The maximum atomic E-state index is 10.8. The van der Waals surface area contributed by atoms with E-state index in [-0.39, 0.29) is 5.69 Å². The Hall–Kier alpha value is -2.27. The number of non-ortho nitro benzene ring substituents is 1. The molecule has 0 aromatic heterocycles. The zero-order chi connectivity index (χ0) is 15.4. The van der Waals surface area contributed by atoms with Gasteiger partial charge in [0.2, 0.25) is 0 Å². The molecule has 2 rings (SSSR count). The first kappa shape index (κ1) is 15.1. The van der Waals surface area contributed by atoms with Gasteiger partial charge in [-0.25, -0.2) is 0 Å². The van der Waals surface area contributed by atoms with Crippen molar-refractivity contribution in [3.8, 4) is 5.75 Å². The zero-order valence-corrected chi connectivity index (χ0v) is 12.5. The first-order chi connectivity index (χ1) is 10.0. The average molecular weight is 307 g/mol. The van der Waals surface area contributed by atoms with Crippen LogP contribution in [0.5, 0.6) is 5.75 Å². The summed E-state index contributed by atoms with van der Waals surface area (Å²) in [6.45, 7) is 2.45. The fraction of sp³-hybridized carbons (Fsp3) is 0.200. The van der Waals surface area contributed by atoms with Crippen LogP contribution in [0.3, 0.4) is 0 Å². The number of ether oxygens (including phenoxy) is 1. The molecule has 6 heteroatoms. The van der Waals surface area contributed by atoms with Gasteiger partial charge in [-0.3, -0.25) is 10.1 Å². The van der Waals surface area contributed by atoms with Gasteiger partial charge in [-0.15, -0.1) is 0 Å². The molecule has 0 amide bonds. The van der Waals surface area contributed by atoms with Gasteiger partial charge in [0.1, 0.15) is 5.75 Å². The lowest BCUT2D eigenvalue weighted by Crippen LogP contribution is -2.03. The number of nitrogens with one attached hydrogen (secondary N) is 1. The van der Waals surface area contributed by atoms with Crippen molar-refractivity contribution in [2.45, 2.75) is 13.5 Å². The molecule has 110 valence electrons. The Bertz CT molecular complexity index is 674. The van der Waals surface area contributed by atoms with E-state index in [9.17, 15) is 10.1 Å². The van der Waals surface area contributed by atoms with Gasteiger partial charge in [-0.1, -0.05) is 29.3 Å². The first-order valence-electron chi connectivity index (χ1n) is 6.32. The third kappa shape index (κ3) is 3.64. The molecule has 0 unspecified atom stereocenters. The maximum Gasteiger partial charge on any atom is 0.271 e. The van der Waals surface area contributed by atoms with Gasteiger partial charge < -0.3 is 10.1 Å². The van der Waals surface area contributed by atoms with Gasteiger partial charge in [0, 0.05) is 24.2 Å². The number of nitro groups is 1. The van der Waals surface area contributed by atoms with Crippen molar-refractivity contribution < 1.29 is 9.66 Å². The molecule has 0 saturated heterocycles. The average Bonchev–Trinajstić information content (AvgIpc) is 2.46. The molecule has 5 nitrogen and oxygen atoms in total. The van der Waals surface area contributed by atoms with Crippen LogP contribution in [0.2, 0.25) is 5.02 Å². The smallest absolute Gasteiger partial charge is 0.271 e. The van der Waals surface area contributed by atoms with Crippen molar-refractivity contribution in [2.75, 3.05) is 12.4 Å². The highest BCUT2D eigenvalue weighted by molar-refractivity contribution is 6.33. The number of hydrogen-bond donors (Lipinski definition) is 1. The molecule has 0 aliphatic rings. The number of benzene rings is 2. The summed E-state index contributed by atoms with van der Waals surface area (Å²) in [4.78, 5) is 10.3. The number of nitrogens with zero attached hydrogens (tertiary/aromatic N) is 1. The van der Waals surface area contributed by atoms with Crippen LogP contribution in [0.15, 0.2) is 36.4 Å². The lowest BCUT2D eigenvalue weighted by Gasteiger charge is -2.12. The second-order valence-electron chi connectivity index (χ2n) is 4.59. The molecule has 0 atom stereocenters. The number of aryl methyl sites for hydroxylation is 1. The summed E-state index contributed by atoms with van der Waals surface area (Å²) >= 11 is 6.06. The Morgan fingerprint density at radius 1 is 1.29 bits per heavy atom. The van der Waals surface area contributed by atoms with Crippen LogP contribution in [-0.4, -0.2) is 12.0 Å². The normalized spacial score (nSPS) is 10.2. The molecular formula is C15H15ClN2O3. The van der Waals surface area contributed by atoms with Gasteiger partial charge in [0.15, 0.2) is 0 Å². The number of anilines is 1. The van der Waals surface area contributed by atoms with E-state index in [2.05, 4.69) is 5.32 Å². The highest BCUT2D eigenvalue weighted by Gasteiger charge is 2.10. The van der Waals surface area contributed by atoms with E-state index < -0.39 is 4.92 Å². The monoisotopic (exact) mass is 306 g/mol. The fourth-order valence-electron chi connectivity index (χ4n) is 2.00. The van der Waals surface area contributed by atoms with Crippen LogP contribution < -0.4 is 10.1 Å². The van der Waals surface area contributed by atoms with Crippen LogP contribution in [0.1, 0.15) is 11.1 Å². The number of rotatable bonds is 5. The Balaban J connectivity index is 2.22. The minimum Gasteiger partial charge on any atom is -0.496 e. The lowest BCUT2D eigenvalue weighted by atomic mass is 10.1. The van der Waals surface area contributed by atoms with E-state index in [1.54, 1.807) is 7.11 Å². The lowest BCUT2D eigenvalue weighted by molar-refractivity contribution is -0.384. The van der Waals surface area contributed by atoms with Crippen LogP contribution in [0.25, 0.3) is 0 Å². The van der Waals surface area contributed by atoms with Crippen molar-refractivity contribution >= 4 is 23.0 Å². The molecule has 0 aliphatic carbocycles. The Morgan fingerprint density at radius 3 is 2.71 bits per heavy atom. The van der Waals surface area contributed by atoms with E-state index in [0.717, 1.165) is 16.9 Å². The van der Waals surface area contributed by atoms with E-state index >= 15 is 0 Å². The molecule has 0 bridgehead atoms. The molecule has 21 heavy (non-hydrogen) atoms. The predicted octanol–water partition coefficient (Wildman–Crippen LogP) is 4.18. The summed E-state index contributed by atoms with van der Waals surface area (Å²) in [7, 11) is 1.61. The van der Waals surface area contributed by atoms with Crippen LogP contribution in [0, 0.1) is 17.0 Å². The van der Waals surface area contributed by atoms with Gasteiger partial charge in [-0.2, -0.15) is 0 Å². The van der Waals surface area contributed by atoms with Crippen LogP contribution >= 0.6 is 11.6 Å². The van der Waals surface area contributed by atoms with Gasteiger partial charge in [0.25, 0.3) is 5.69 Å². The predicted molar refractivity (Wildman–Crippen MR) is 83.2 cm³/mol. The summed E-state index contributed by atoms with van der Waals surface area (Å²) in [5.41, 5.74) is 2.59. The third-order valence-corrected chi connectivity index (χ3v) is 3.40. The quantitative estimate of drug-likeness (QED) is 0.665. The van der Waals surface area contributed by atoms with Gasteiger partial charge in [-0.05, 0) is 19.1 Å². The van der Waals surface area contributed by atoms with E-state index in [4.69, 9.17) is 16.3 Å². The zero-order valence-electron chi connectivity index (χ0n) is 11.7. The number of nitro benzene ring substituents is 1. The number of halogens is 1. The Labute approximate surface area is 127 Å². The van der Waals surface area contributed by atoms with Crippen molar-refractivity contribution in [1.29, 1.82) is 0 Å². The molecule has 0 radical (unpaired) electrons. The van der Waals surface area contributed by atoms with E-state index in [1.807, 2.05) is 25.1 Å². The first-order valence-corrected chi connectivity index (χ1v) is 6.70. The van der Waals surface area contributed by atoms with Gasteiger partial charge in [0.05, 0.1) is 22.7 Å². The van der Waals surface area contributed by atoms with Crippen LogP contribution in [-0.2, 0) is 6.54 Å². The Kier molecular flexibility index (Phi) is 4.65. The SMILES string of the molecule is COc1ccc(C)cc1CNc1cc([N+](=O)[O-])ccc1Cl. The standard InChI is InChI=1S/C15H15ClN2O3/c1-10-3-6-15(21-2)11(7-10)9-17-14-8-12(18(19)20)4-5-13(14)16/h3-8,17H,9H2,1-2H3. The molecule has 2 aromatic carbocycles. The summed E-state index contributed by atoms with van der Waals surface area (Å²) in [6, 6.07) is 10.2. The molecule has 2 aromatic rings. The summed E-state index contributed by atoms with van der Waals surface area (Å²) in [5.74, 6) is 0.759. The van der Waals surface area contributed by atoms with Gasteiger partial charge >= 0.3 is 0 Å². The minimum atomic E-state index is -0.450. The minimum absolute atomic E-state index is 0.00175. The summed E-state index contributed by atoms with van der Waals surface area (Å²) in [6.07, 6.45) is 0. The molecule has 0 aliphatic heterocycles. The summed E-state index contributed by atoms with van der Waals surface area (Å²) < 4.78 is 5.30. The van der Waals surface area contributed by atoms with Crippen molar-refractivity contribution in [3.63, 3.8) is 0 Å². The topological polar surface area (TPSA) is 64.4 Å². The second kappa shape index (κ2) is 6.45. The highest BCUT2D eigenvalue weighted by Crippen LogP contribution is 2.28. The molecule has 0 saturated carbocycles. The van der Waals surface area contributed by atoms with E-state index in [0.29, 0.717) is 17.3 Å². The Morgan fingerprint density at radius 2 is 2.05 bits per heavy atom.